The van der Waals surface area contributed by atoms with Gasteiger partial charge in [-0.05, 0) is 24.3 Å². The number of hydrogen-bond donors (Lipinski definition) is 2. The minimum absolute atomic E-state index is 0.0717. The fourth-order valence-corrected chi connectivity index (χ4v) is 5.09. The third kappa shape index (κ3) is 2.06. The van der Waals surface area contributed by atoms with E-state index >= 15 is 0 Å². The Morgan fingerprint density at radius 1 is 0.968 bits per heavy atom. The number of aryl methyl sites for hydroxylation is 2. The number of phenols is 1. The maximum atomic E-state index is 13.0. The number of benzene rings is 3. The third-order valence-electron chi connectivity index (χ3n) is 6.26. The maximum absolute atomic E-state index is 13.0. The summed E-state index contributed by atoms with van der Waals surface area (Å²) >= 11 is 0. The molecule has 3 heterocycles. The Kier molecular flexibility index (Phi) is 3.32. The number of amides is 2. The molecule has 3 aromatic carbocycles. The van der Waals surface area contributed by atoms with Crippen LogP contribution in [0.2, 0.25) is 0 Å². The van der Waals surface area contributed by atoms with Crippen molar-refractivity contribution >= 4 is 55.4 Å². The molecule has 7 nitrogen and oxygen atoms in total. The highest BCUT2D eigenvalue weighted by molar-refractivity contribution is 6.39. The molecule has 1 aliphatic heterocycles. The van der Waals surface area contributed by atoms with Gasteiger partial charge >= 0.3 is 0 Å². The number of aromatic hydroxyl groups is 1. The van der Waals surface area contributed by atoms with Gasteiger partial charge in [0.25, 0.3) is 11.8 Å². The summed E-state index contributed by atoms with van der Waals surface area (Å²) in [5, 5.41) is 24.8. The number of fused-ring (bicyclic) bond motifs is 10. The van der Waals surface area contributed by atoms with Crippen molar-refractivity contribution in [2.45, 2.75) is 13.0 Å². The lowest BCUT2D eigenvalue weighted by Crippen LogP contribution is -2.20. The van der Waals surface area contributed by atoms with E-state index in [0.717, 1.165) is 32.8 Å². The van der Waals surface area contributed by atoms with Crippen LogP contribution in [0.1, 0.15) is 27.1 Å². The summed E-state index contributed by atoms with van der Waals surface area (Å²) in [5.41, 5.74) is 4.05. The molecule has 0 atom stereocenters. The molecule has 150 valence electrons. The van der Waals surface area contributed by atoms with Crippen LogP contribution < -0.4 is 5.32 Å². The number of nitrogens with zero attached hydrogens (tertiary/aromatic N) is 3. The molecular formula is C24H16N4O3. The van der Waals surface area contributed by atoms with Crippen LogP contribution in [0.5, 0.6) is 5.75 Å². The summed E-state index contributed by atoms with van der Waals surface area (Å²) in [4.78, 5) is 25.9. The predicted molar refractivity (Wildman–Crippen MR) is 117 cm³/mol. The number of aromatic nitrogens is 2. The first-order valence-electron chi connectivity index (χ1n) is 9.93. The fourth-order valence-electron chi connectivity index (χ4n) is 5.09. The summed E-state index contributed by atoms with van der Waals surface area (Å²) in [7, 11) is 1.94. The van der Waals surface area contributed by atoms with Crippen LogP contribution in [0.4, 0.5) is 0 Å². The molecule has 0 aliphatic carbocycles. The summed E-state index contributed by atoms with van der Waals surface area (Å²) in [5.74, 6) is -0.786. The highest BCUT2D eigenvalue weighted by Gasteiger charge is 2.36. The van der Waals surface area contributed by atoms with E-state index in [4.69, 9.17) is 0 Å². The minimum atomic E-state index is -0.442. The maximum Gasteiger partial charge on any atom is 0.259 e. The van der Waals surface area contributed by atoms with Gasteiger partial charge in [0.2, 0.25) is 0 Å². The van der Waals surface area contributed by atoms with Crippen molar-refractivity contribution < 1.29 is 14.7 Å². The quantitative estimate of drug-likeness (QED) is 0.432. The smallest absolute Gasteiger partial charge is 0.259 e. The average Bonchev–Trinajstić information content (AvgIpc) is 3.34. The number of imide groups is 1. The van der Waals surface area contributed by atoms with E-state index in [0.29, 0.717) is 28.4 Å². The monoisotopic (exact) mass is 408 g/mol. The fraction of sp³-hybridized carbons (Fsp3) is 0.125. The van der Waals surface area contributed by atoms with E-state index < -0.39 is 11.8 Å². The van der Waals surface area contributed by atoms with Crippen LogP contribution in [0, 0.1) is 11.3 Å². The SMILES string of the molecule is Cn1c2ccccc2c2c3c(c4c5cc(O)ccc5n(CCC#N)c4c21)C(=O)NC3=O. The first-order chi connectivity index (χ1) is 15.0. The zero-order chi connectivity index (χ0) is 21.4. The molecule has 0 saturated heterocycles. The first-order valence-corrected chi connectivity index (χ1v) is 9.93. The van der Waals surface area contributed by atoms with Crippen LogP contribution in [0.25, 0.3) is 43.6 Å². The normalized spacial score (nSPS) is 13.4. The van der Waals surface area contributed by atoms with E-state index in [9.17, 15) is 20.0 Å². The number of carbonyl (C=O) groups is 2. The molecule has 0 fully saturated rings. The van der Waals surface area contributed by atoms with Crippen molar-refractivity contribution in [2.75, 3.05) is 0 Å². The second-order valence-electron chi connectivity index (χ2n) is 7.82. The molecule has 6 rings (SSSR count). The zero-order valence-electron chi connectivity index (χ0n) is 16.6. The second kappa shape index (κ2) is 5.86. The van der Waals surface area contributed by atoms with Crippen molar-refractivity contribution in [1.82, 2.24) is 14.5 Å². The number of phenolic OH excluding ortho intramolecular Hbond substituents is 1. The molecule has 0 saturated carbocycles. The lowest BCUT2D eigenvalue weighted by Gasteiger charge is -2.09. The molecule has 7 heteroatoms. The second-order valence-corrected chi connectivity index (χ2v) is 7.82. The predicted octanol–water partition coefficient (Wildman–Crippen LogP) is 3.94. The van der Waals surface area contributed by atoms with Gasteiger partial charge in [0.1, 0.15) is 5.75 Å². The lowest BCUT2D eigenvalue weighted by atomic mass is 9.96. The van der Waals surface area contributed by atoms with Crippen LogP contribution in [0.15, 0.2) is 42.5 Å². The largest absolute Gasteiger partial charge is 0.508 e. The Bertz CT molecular complexity index is 1680. The Hall–Kier alpha value is -4.31. The molecule has 31 heavy (non-hydrogen) atoms. The summed E-state index contributed by atoms with van der Waals surface area (Å²) < 4.78 is 4.05. The van der Waals surface area contributed by atoms with E-state index in [1.165, 1.54) is 0 Å². The third-order valence-corrected chi connectivity index (χ3v) is 6.26. The van der Waals surface area contributed by atoms with Crippen molar-refractivity contribution in [3.63, 3.8) is 0 Å². The van der Waals surface area contributed by atoms with Crippen LogP contribution in [-0.2, 0) is 13.6 Å². The number of rotatable bonds is 2. The number of para-hydroxylation sites is 1. The number of carbonyl (C=O) groups excluding carboxylic acids is 2. The summed E-state index contributed by atoms with van der Waals surface area (Å²) in [6.07, 6.45) is 0.285. The van der Waals surface area contributed by atoms with E-state index in [2.05, 4.69) is 11.4 Å². The molecule has 1 aliphatic rings. The van der Waals surface area contributed by atoms with Gasteiger partial charge in [0, 0.05) is 46.2 Å². The molecule has 0 unspecified atom stereocenters. The van der Waals surface area contributed by atoms with Crippen molar-refractivity contribution in [3.05, 3.63) is 53.6 Å². The van der Waals surface area contributed by atoms with Crippen LogP contribution in [-0.4, -0.2) is 26.1 Å². The van der Waals surface area contributed by atoms with Crippen molar-refractivity contribution in [1.29, 1.82) is 5.26 Å². The number of nitrogens with one attached hydrogen (secondary N) is 1. The van der Waals surface area contributed by atoms with E-state index in [1.54, 1.807) is 18.2 Å². The lowest BCUT2D eigenvalue weighted by molar-refractivity contribution is 0.0880. The van der Waals surface area contributed by atoms with Gasteiger partial charge in [-0.2, -0.15) is 5.26 Å². The van der Waals surface area contributed by atoms with E-state index in [-0.39, 0.29) is 12.2 Å². The highest BCUT2D eigenvalue weighted by Crippen LogP contribution is 2.45. The molecule has 0 radical (unpaired) electrons. The van der Waals surface area contributed by atoms with Crippen LogP contribution in [0.3, 0.4) is 0 Å². The molecule has 5 aromatic rings. The van der Waals surface area contributed by atoms with Gasteiger partial charge < -0.3 is 14.2 Å². The van der Waals surface area contributed by atoms with Gasteiger partial charge in [-0.1, -0.05) is 18.2 Å². The highest BCUT2D eigenvalue weighted by atomic mass is 16.3. The zero-order valence-corrected chi connectivity index (χ0v) is 16.6. The molecular weight excluding hydrogens is 392 g/mol. The Morgan fingerprint density at radius 3 is 2.42 bits per heavy atom. The molecule has 2 N–H and O–H groups in total. The van der Waals surface area contributed by atoms with Gasteiger partial charge in [0.15, 0.2) is 0 Å². The van der Waals surface area contributed by atoms with Crippen molar-refractivity contribution in [2.24, 2.45) is 7.05 Å². The number of hydrogen-bond acceptors (Lipinski definition) is 4. The van der Waals surface area contributed by atoms with Gasteiger partial charge in [0.05, 0.1) is 34.7 Å². The molecule has 0 bridgehead atoms. The molecule has 2 amide bonds. The first kappa shape index (κ1) is 17.5. The minimum Gasteiger partial charge on any atom is -0.508 e. The molecule has 2 aromatic heterocycles. The van der Waals surface area contributed by atoms with Gasteiger partial charge in [-0.3, -0.25) is 14.9 Å². The standard InChI is InChI=1S/C24H16N4O3/c1-27-15-6-3-2-5-13(15)17-19-20(24(31)26-23(19)30)18-14-11-12(29)7-8-16(14)28(10-4-9-25)22(18)21(17)27/h2-3,5-8,11,29H,4,10H2,1H3,(H,26,30,31). The van der Waals surface area contributed by atoms with Crippen LogP contribution >= 0.6 is 0 Å². The summed E-state index contributed by atoms with van der Waals surface area (Å²) in [6, 6.07) is 15.0. The topological polar surface area (TPSA) is 100 Å². The van der Waals surface area contributed by atoms with E-state index in [1.807, 2.05) is 40.4 Å². The number of nitriles is 1. The van der Waals surface area contributed by atoms with Gasteiger partial charge in [-0.15, -0.1) is 0 Å². The average molecular weight is 408 g/mol. The van der Waals surface area contributed by atoms with Crippen molar-refractivity contribution in [3.8, 4) is 11.8 Å². The Balaban J connectivity index is 2.01. The van der Waals surface area contributed by atoms with Gasteiger partial charge in [-0.25, -0.2) is 0 Å². The summed E-state index contributed by atoms with van der Waals surface area (Å²) in [6.45, 7) is 0.423. The molecule has 0 spiro atoms. The Labute approximate surface area is 175 Å². The Morgan fingerprint density at radius 2 is 1.68 bits per heavy atom.